The Morgan fingerprint density at radius 3 is 2.50 bits per heavy atom. The zero-order chi connectivity index (χ0) is 14.6. The Bertz CT molecular complexity index is 481. The summed E-state index contributed by atoms with van der Waals surface area (Å²) in [5.41, 5.74) is 1.35. The Morgan fingerprint density at radius 1 is 1.30 bits per heavy atom. The minimum absolute atomic E-state index is 0.0788. The highest BCUT2D eigenvalue weighted by Crippen LogP contribution is 2.42. The molecule has 0 spiro atoms. The van der Waals surface area contributed by atoms with Crippen LogP contribution in [0.4, 0.5) is 0 Å². The van der Waals surface area contributed by atoms with E-state index in [1.165, 1.54) is 5.56 Å². The molecule has 1 aromatic carbocycles. The average Bonchev–Trinajstić information content (AvgIpc) is 2.48. The van der Waals surface area contributed by atoms with Gasteiger partial charge in [0, 0.05) is 16.3 Å². The predicted octanol–water partition coefficient (Wildman–Crippen LogP) is 4.97. The van der Waals surface area contributed by atoms with Gasteiger partial charge in [0.05, 0.1) is 18.3 Å². The standard InChI is InChI=1S/C17H22BrNO/c1-3-17(9-4-12-19)11-10-16(2,13-20-17)14-5-7-15(18)8-6-14/h5-8H,3-4,9-11,13H2,1-2H3. The van der Waals surface area contributed by atoms with Gasteiger partial charge < -0.3 is 4.74 Å². The van der Waals surface area contributed by atoms with E-state index in [9.17, 15) is 0 Å². The van der Waals surface area contributed by atoms with Crippen molar-refractivity contribution < 1.29 is 4.74 Å². The van der Waals surface area contributed by atoms with Crippen LogP contribution in [0, 0.1) is 11.3 Å². The molecule has 3 heteroatoms. The van der Waals surface area contributed by atoms with Gasteiger partial charge in [-0.3, -0.25) is 0 Å². The SMILES string of the molecule is CCC1(CCC#N)CCC(C)(c2ccc(Br)cc2)CO1. The third-order valence-corrected chi connectivity index (χ3v) is 5.24. The van der Waals surface area contributed by atoms with Crippen molar-refractivity contribution in [3.63, 3.8) is 0 Å². The molecule has 0 bridgehead atoms. The van der Waals surface area contributed by atoms with Crippen LogP contribution in [-0.4, -0.2) is 12.2 Å². The maximum Gasteiger partial charge on any atom is 0.0690 e. The molecule has 0 radical (unpaired) electrons. The zero-order valence-corrected chi connectivity index (χ0v) is 13.9. The lowest BCUT2D eigenvalue weighted by Crippen LogP contribution is -2.45. The maximum atomic E-state index is 8.80. The number of nitriles is 1. The summed E-state index contributed by atoms with van der Waals surface area (Å²) in [4.78, 5) is 0. The summed E-state index contributed by atoms with van der Waals surface area (Å²) in [6, 6.07) is 10.8. The Morgan fingerprint density at radius 2 is 2.00 bits per heavy atom. The van der Waals surface area contributed by atoms with E-state index in [0.717, 1.165) is 36.8 Å². The van der Waals surface area contributed by atoms with Gasteiger partial charge in [0.15, 0.2) is 0 Å². The predicted molar refractivity (Wildman–Crippen MR) is 84.5 cm³/mol. The molecule has 2 unspecified atom stereocenters. The van der Waals surface area contributed by atoms with Crippen LogP contribution in [0.3, 0.4) is 0 Å². The molecule has 20 heavy (non-hydrogen) atoms. The number of ether oxygens (including phenoxy) is 1. The summed E-state index contributed by atoms with van der Waals surface area (Å²) >= 11 is 3.48. The second-order valence-corrected chi connectivity index (χ2v) is 6.97. The van der Waals surface area contributed by atoms with E-state index in [4.69, 9.17) is 10.00 Å². The van der Waals surface area contributed by atoms with E-state index in [1.54, 1.807) is 0 Å². The molecule has 2 nitrogen and oxygen atoms in total. The van der Waals surface area contributed by atoms with E-state index >= 15 is 0 Å². The fourth-order valence-corrected chi connectivity index (χ4v) is 3.24. The van der Waals surface area contributed by atoms with Crippen molar-refractivity contribution >= 4 is 15.9 Å². The first-order valence-corrected chi connectivity index (χ1v) is 8.10. The molecule has 1 aliphatic rings. The van der Waals surface area contributed by atoms with Crippen molar-refractivity contribution in [3.05, 3.63) is 34.3 Å². The second kappa shape index (κ2) is 6.28. The molecule has 108 valence electrons. The van der Waals surface area contributed by atoms with E-state index in [2.05, 4.69) is 60.1 Å². The molecule has 1 saturated heterocycles. The lowest BCUT2D eigenvalue weighted by molar-refractivity contribution is -0.113. The van der Waals surface area contributed by atoms with Crippen LogP contribution in [0.2, 0.25) is 0 Å². The molecular weight excluding hydrogens is 314 g/mol. The Kier molecular flexibility index (Phi) is 4.88. The number of benzene rings is 1. The molecule has 0 amide bonds. The second-order valence-electron chi connectivity index (χ2n) is 6.05. The van der Waals surface area contributed by atoms with Gasteiger partial charge in [-0.1, -0.05) is 41.9 Å². The normalized spacial score (nSPS) is 29.9. The zero-order valence-electron chi connectivity index (χ0n) is 12.3. The minimum atomic E-state index is -0.0788. The number of hydrogen-bond acceptors (Lipinski definition) is 2. The largest absolute Gasteiger partial charge is 0.374 e. The Balaban J connectivity index is 2.09. The number of rotatable bonds is 4. The van der Waals surface area contributed by atoms with Gasteiger partial charge in [0.25, 0.3) is 0 Å². The van der Waals surface area contributed by atoms with Gasteiger partial charge >= 0.3 is 0 Å². The van der Waals surface area contributed by atoms with Crippen molar-refractivity contribution in [2.75, 3.05) is 6.61 Å². The summed E-state index contributed by atoms with van der Waals surface area (Å²) in [5.74, 6) is 0. The van der Waals surface area contributed by atoms with Crippen LogP contribution < -0.4 is 0 Å². The highest BCUT2D eigenvalue weighted by atomic mass is 79.9. The fourth-order valence-electron chi connectivity index (χ4n) is 2.98. The average molecular weight is 336 g/mol. The number of nitrogens with zero attached hydrogens (tertiary/aromatic N) is 1. The molecule has 2 atom stereocenters. The number of hydrogen-bond donors (Lipinski definition) is 0. The topological polar surface area (TPSA) is 33.0 Å². The van der Waals surface area contributed by atoms with Gasteiger partial charge in [0.2, 0.25) is 0 Å². The monoisotopic (exact) mass is 335 g/mol. The summed E-state index contributed by atoms with van der Waals surface area (Å²) in [7, 11) is 0. The molecule has 0 saturated carbocycles. The first kappa shape index (κ1) is 15.5. The molecule has 1 fully saturated rings. The van der Waals surface area contributed by atoms with Gasteiger partial charge in [-0.25, -0.2) is 0 Å². The van der Waals surface area contributed by atoms with Crippen LogP contribution in [0.15, 0.2) is 28.7 Å². The van der Waals surface area contributed by atoms with Gasteiger partial charge in [0.1, 0.15) is 0 Å². The van der Waals surface area contributed by atoms with Gasteiger partial charge in [-0.2, -0.15) is 5.26 Å². The van der Waals surface area contributed by atoms with Crippen LogP contribution in [0.25, 0.3) is 0 Å². The van der Waals surface area contributed by atoms with Crippen LogP contribution in [0.5, 0.6) is 0 Å². The first-order chi connectivity index (χ1) is 9.53. The molecule has 0 N–H and O–H groups in total. The van der Waals surface area contributed by atoms with E-state index < -0.39 is 0 Å². The summed E-state index contributed by atoms with van der Waals surface area (Å²) in [5, 5.41) is 8.80. The van der Waals surface area contributed by atoms with Crippen LogP contribution in [-0.2, 0) is 10.2 Å². The molecule has 1 aliphatic heterocycles. The fraction of sp³-hybridized carbons (Fsp3) is 0.588. The lowest BCUT2D eigenvalue weighted by Gasteiger charge is -2.45. The molecule has 1 aromatic rings. The summed E-state index contributed by atoms with van der Waals surface area (Å²) in [6.07, 6.45) is 4.59. The summed E-state index contributed by atoms with van der Waals surface area (Å²) < 4.78 is 7.36. The van der Waals surface area contributed by atoms with Gasteiger partial charge in [-0.15, -0.1) is 0 Å². The number of halogens is 1. The minimum Gasteiger partial charge on any atom is -0.374 e. The van der Waals surface area contributed by atoms with Crippen molar-refractivity contribution in [3.8, 4) is 6.07 Å². The molecular formula is C17H22BrNO. The first-order valence-electron chi connectivity index (χ1n) is 7.31. The molecule has 0 aromatic heterocycles. The molecule has 0 aliphatic carbocycles. The van der Waals surface area contributed by atoms with Crippen molar-refractivity contribution in [1.29, 1.82) is 5.26 Å². The van der Waals surface area contributed by atoms with Crippen molar-refractivity contribution in [2.24, 2.45) is 0 Å². The third kappa shape index (κ3) is 3.24. The van der Waals surface area contributed by atoms with Crippen LogP contribution in [0.1, 0.15) is 51.5 Å². The maximum absolute atomic E-state index is 8.80. The highest BCUT2D eigenvalue weighted by molar-refractivity contribution is 9.10. The summed E-state index contributed by atoms with van der Waals surface area (Å²) in [6.45, 7) is 5.19. The van der Waals surface area contributed by atoms with Crippen molar-refractivity contribution in [2.45, 2.75) is 57.0 Å². The van der Waals surface area contributed by atoms with E-state index in [-0.39, 0.29) is 11.0 Å². The lowest BCUT2D eigenvalue weighted by atomic mass is 9.72. The van der Waals surface area contributed by atoms with Crippen LogP contribution >= 0.6 is 15.9 Å². The Labute approximate surface area is 130 Å². The van der Waals surface area contributed by atoms with E-state index in [0.29, 0.717) is 6.42 Å². The molecule has 2 rings (SSSR count). The smallest absolute Gasteiger partial charge is 0.0690 e. The quantitative estimate of drug-likeness (QED) is 0.778. The molecule has 1 heterocycles. The van der Waals surface area contributed by atoms with Gasteiger partial charge in [-0.05, 0) is 43.4 Å². The third-order valence-electron chi connectivity index (χ3n) is 4.71. The highest BCUT2D eigenvalue weighted by Gasteiger charge is 2.40. The van der Waals surface area contributed by atoms with E-state index in [1.807, 2.05) is 0 Å². The van der Waals surface area contributed by atoms with Crippen molar-refractivity contribution in [1.82, 2.24) is 0 Å². The Hall–Kier alpha value is -0.850.